The van der Waals surface area contributed by atoms with Crippen LogP contribution in [0.15, 0.2) is 29.6 Å². The first-order valence-electron chi connectivity index (χ1n) is 3.90. The minimum absolute atomic E-state index is 0.0784. The van der Waals surface area contributed by atoms with Crippen LogP contribution in [0.5, 0.6) is 0 Å². The van der Waals surface area contributed by atoms with Gasteiger partial charge in [0, 0.05) is 12.3 Å². The second-order valence-corrected chi connectivity index (χ2v) is 3.38. The molecule has 0 spiro atoms. The van der Waals surface area contributed by atoms with Gasteiger partial charge in [-0.3, -0.25) is 4.79 Å². The fourth-order valence-corrected chi connectivity index (χ4v) is 1.24. The molecule has 2 aromatic heterocycles. The predicted molar refractivity (Wildman–Crippen MR) is 55.4 cm³/mol. The number of halogens is 2. The minimum atomic E-state index is -0.511. The summed E-state index contributed by atoms with van der Waals surface area (Å²) in [6.45, 7) is 0. The zero-order chi connectivity index (χ0) is 10.8. The Labute approximate surface area is 94.3 Å². The average molecular weight is 243 g/mol. The van der Waals surface area contributed by atoms with E-state index in [1.165, 1.54) is 18.7 Å². The average Bonchev–Trinajstić information content (AvgIpc) is 2.27. The molecule has 2 rings (SSSR count). The normalized spacial score (nSPS) is 10.3. The van der Waals surface area contributed by atoms with Crippen molar-refractivity contribution in [3.05, 3.63) is 45.2 Å². The first kappa shape index (κ1) is 10.1. The minimum Gasteiger partial charge on any atom is -0.266 e. The van der Waals surface area contributed by atoms with Crippen LogP contribution in [0.4, 0.5) is 0 Å². The van der Waals surface area contributed by atoms with Gasteiger partial charge in [0.25, 0.3) is 5.56 Å². The molecular weight excluding hydrogens is 239 g/mol. The molecule has 5 nitrogen and oxygen atoms in total. The first-order valence-corrected chi connectivity index (χ1v) is 4.65. The van der Waals surface area contributed by atoms with Gasteiger partial charge in [0.05, 0.1) is 11.2 Å². The summed E-state index contributed by atoms with van der Waals surface area (Å²) in [5.41, 5.74) is -0.511. The number of aromatic nitrogens is 4. The van der Waals surface area contributed by atoms with Crippen molar-refractivity contribution >= 4 is 23.2 Å². The molecule has 0 atom stereocenters. The standard InChI is InChI=1S/C8H4Cl2N4O/c9-5-3-13-14(8(15)7(5)10)6-1-2-11-4-12-6/h1-4H. The molecule has 0 bridgehead atoms. The Hall–Kier alpha value is -1.46. The molecule has 0 aliphatic carbocycles. The Bertz CT molecular complexity index is 540. The summed E-state index contributed by atoms with van der Waals surface area (Å²) in [6.07, 6.45) is 4.10. The Morgan fingerprint density at radius 2 is 2.13 bits per heavy atom. The van der Waals surface area contributed by atoms with E-state index in [4.69, 9.17) is 23.2 Å². The third-order valence-electron chi connectivity index (χ3n) is 1.66. The van der Waals surface area contributed by atoms with Crippen molar-refractivity contribution in [2.75, 3.05) is 0 Å². The molecule has 0 N–H and O–H groups in total. The molecule has 0 saturated carbocycles. The quantitative estimate of drug-likeness (QED) is 0.757. The lowest BCUT2D eigenvalue weighted by molar-refractivity contribution is 0.777. The van der Waals surface area contributed by atoms with Gasteiger partial charge in [-0.25, -0.2) is 9.97 Å². The highest BCUT2D eigenvalue weighted by molar-refractivity contribution is 6.41. The Morgan fingerprint density at radius 1 is 1.33 bits per heavy atom. The summed E-state index contributed by atoms with van der Waals surface area (Å²) in [6, 6.07) is 1.54. The van der Waals surface area contributed by atoms with Crippen molar-refractivity contribution in [1.29, 1.82) is 0 Å². The maximum absolute atomic E-state index is 11.6. The van der Waals surface area contributed by atoms with Gasteiger partial charge in [-0.1, -0.05) is 23.2 Å². The zero-order valence-corrected chi connectivity index (χ0v) is 8.77. The van der Waals surface area contributed by atoms with Crippen LogP contribution in [0, 0.1) is 0 Å². The van der Waals surface area contributed by atoms with Crippen molar-refractivity contribution in [1.82, 2.24) is 19.7 Å². The molecule has 0 aliphatic rings. The third kappa shape index (κ3) is 1.84. The maximum atomic E-state index is 11.6. The van der Waals surface area contributed by atoms with E-state index in [-0.39, 0.29) is 10.0 Å². The molecule has 15 heavy (non-hydrogen) atoms. The lowest BCUT2D eigenvalue weighted by Gasteiger charge is -2.02. The molecule has 0 aromatic carbocycles. The number of hydrogen-bond donors (Lipinski definition) is 0. The van der Waals surface area contributed by atoms with Crippen LogP contribution in [-0.4, -0.2) is 19.7 Å². The highest BCUT2D eigenvalue weighted by atomic mass is 35.5. The highest BCUT2D eigenvalue weighted by Crippen LogP contribution is 2.15. The molecule has 0 saturated heterocycles. The molecule has 0 radical (unpaired) electrons. The fraction of sp³-hybridized carbons (Fsp3) is 0. The third-order valence-corrected chi connectivity index (χ3v) is 2.41. The van der Waals surface area contributed by atoms with E-state index in [0.29, 0.717) is 5.82 Å². The summed E-state index contributed by atoms with van der Waals surface area (Å²) in [5, 5.41) is 3.85. The second kappa shape index (κ2) is 3.96. The van der Waals surface area contributed by atoms with Gasteiger partial charge >= 0.3 is 0 Å². The number of hydrogen-bond acceptors (Lipinski definition) is 4. The lowest BCUT2D eigenvalue weighted by Crippen LogP contribution is -2.22. The monoisotopic (exact) mass is 242 g/mol. The van der Waals surface area contributed by atoms with Gasteiger partial charge in [-0.2, -0.15) is 9.78 Å². The first-order chi connectivity index (χ1) is 7.20. The Balaban J connectivity index is 2.66. The molecule has 0 aliphatic heterocycles. The topological polar surface area (TPSA) is 60.7 Å². The summed E-state index contributed by atoms with van der Waals surface area (Å²) >= 11 is 11.3. The number of nitrogens with zero attached hydrogens (tertiary/aromatic N) is 4. The van der Waals surface area contributed by atoms with Crippen LogP contribution in [0.1, 0.15) is 0 Å². The van der Waals surface area contributed by atoms with Gasteiger partial charge in [0.2, 0.25) is 0 Å². The summed E-state index contributed by atoms with van der Waals surface area (Å²) in [7, 11) is 0. The van der Waals surface area contributed by atoms with E-state index in [0.717, 1.165) is 4.68 Å². The van der Waals surface area contributed by atoms with Gasteiger partial charge in [-0.15, -0.1) is 0 Å². The largest absolute Gasteiger partial charge is 0.293 e. The van der Waals surface area contributed by atoms with Crippen molar-refractivity contribution in [3.8, 4) is 5.82 Å². The highest BCUT2D eigenvalue weighted by Gasteiger charge is 2.09. The Kier molecular flexibility index (Phi) is 2.66. The Morgan fingerprint density at radius 3 is 2.80 bits per heavy atom. The molecule has 2 heterocycles. The van der Waals surface area contributed by atoms with E-state index in [1.54, 1.807) is 6.07 Å². The second-order valence-electron chi connectivity index (χ2n) is 2.59. The van der Waals surface area contributed by atoms with Crippen molar-refractivity contribution in [2.24, 2.45) is 0 Å². The summed E-state index contributed by atoms with van der Waals surface area (Å²) in [4.78, 5) is 19.2. The molecule has 0 unspecified atom stereocenters. The van der Waals surface area contributed by atoms with Gasteiger partial charge < -0.3 is 0 Å². The van der Waals surface area contributed by atoms with E-state index >= 15 is 0 Å². The van der Waals surface area contributed by atoms with E-state index in [9.17, 15) is 4.79 Å². The SMILES string of the molecule is O=c1c(Cl)c(Cl)cnn1-c1ccncn1. The molecule has 76 valence electrons. The van der Waals surface area contributed by atoms with Gasteiger partial charge in [0.1, 0.15) is 11.3 Å². The smallest absolute Gasteiger partial charge is 0.266 e. The molecule has 7 heteroatoms. The van der Waals surface area contributed by atoms with E-state index in [1.807, 2.05) is 0 Å². The molecule has 0 fully saturated rings. The van der Waals surface area contributed by atoms with E-state index < -0.39 is 5.56 Å². The van der Waals surface area contributed by atoms with E-state index in [2.05, 4.69) is 15.1 Å². The number of rotatable bonds is 1. The summed E-state index contributed by atoms with van der Waals surface area (Å²) in [5.74, 6) is 0.341. The van der Waals surface area contributed by atoms with Gasteiger partial charge in [0.15, 0.2) is 5.82 Å². The maximum Gasteiger partial charge on any atom is 0.293 e. The van der Waals surface area contributed by atoms with Crippen LogP contribution >= 0.6 is 23.2 Å². The van der Waals surface area contributed by atoms with Crippen molar-refractivity contribution in [2.45, 2.75) is 0 Å². The molecule has 0 amide bonds. The predicted octanol–water partition coefficient (Wildman–Crippen LogP) is 1.33. The van der Waals surface area contributed by atoms with Crippen LogP contribution in [0.3, 0.4) is 0 Å². The van der Waals surface area contributed by atoms with Crippen molar-refractivity contribution < 1.29 is 0 Å². The fourth-order valence-electron chi connectivity index (χ4n) is 0.985. The van der Waals surface area contributed by atoms with Crippen LogP contribution in [-0.2, 0) is 0 Å². The molecular formula is C8H4Cl2N4O. The van der Waals surface area contributed by atoms with Crippen molar-refractivity contribution in [3.63, 3.8) is 0 Å². The van der Waals surface area contributed by atoms with Gasteiger partial charge in [-0.05, 0) is 0 Å². The van der Waals surface area contributed by atoms with Crippen LogP contribution in [0.25, 0.3) is 5.82 Å². The zero-order valence-electron chi connectivity index (χ0n) is 7.26. The van der Waals surface area contributed by atoms with Crippen LogP contribution < -0.4 is 5.56 Å². The summed E-state index contributed by atoms with van der Waals surface area (Å²) < 4.78 is 1.05. The molecule has 2 aromatic rings. The van der Waals surface area contributed by atoms with Crippen LogP contribution in [0.2, 0.25) is 10.0 Å². The lowest BCUT2D eigenvalue weighted by atomic mass is 10.5.